The Bertz CT molecular complexity index is 857. The molecule has 31 heavy (non-hydrogen) atoms. The summed E-state index contributed by atoms with van der Waals surface area (Å²) in [7, 11) is 1.33. The SMILES string of the molecule is COc1ccc(NC(=O)NC2CCN(Cc3ccccn3)CC2)cc1OCC(F)(F)F. The Morgan fingerprint density at radius 1 is 1.19 bits per heavy atom. The number of pyridine rings is 1. The summed E-state index contributed by atoms with van der Waals surface area (Å²) in [5.41, 5.74) is 1.32. The maximum Gasteiger partial charge on any atom is 0.422 e. The summed E-state index contributed by atoms with van der Waals surface area (Å²) >= 11 is 0. The molecule has 0 spiro atoms. The molecule has 1 saturated heterocycles. The fourth-order valence-electron chi connectivity index (χ4n) is 3.34. The second kappa shape index (κ2) is 10.3. The molecular weight excluding hydrogens is 413 g/mol. The summed E-state index contributed by atoms with van der Waals surface area (Å²) in [5, 5.41) is 5.55. The number of benzene rings is 1. The smallest absolute Gasteiger partial charge is 0.422 e. The van der Waals surface area contributed by atoms with Crippen LogP contribution in [0.4, 0.5) is 23.7 Å². The molecule has 7 nitrogen and oxygen atoms in total. The van der Waals surface area contributed by atoms with E-state index in [0.29, 0.717) is 5.69 Å². The number of hydrogen-bond donors (Lipinski definition) is 2. The molecule has 0 saturated carbocycles. The van der Waals surface area contributed by atoms with Gasteiger partial charge in [-0.2, -0.15) is 13.2 Å². The first-order valence-electron chi connectivity index (χ1n) is 9.90. The van der Waals surface area contributed by atoms with E-state index in [1.807, 2.05) is 18.2 Å². The minimum Gasteiger partial charge on any atom is -0.493 e. The third kappa shape index (κ3) is 7.32. The summed E-state index contributed by atoms with van der Waals surface area (Å²) in [4.78, 5) is 19.0. The Morgan fingerprint density at radius 2 is 1.97 bits per heavy atom. The lowest BCUT2D eigenvalue weighted by molar-refractivity contribution is -0.153. The number of anilines is 1. The maximum absolute atomic E-state index is 12.4. The Balaban J connectivity index is 1.48. The highest BCUT2D eigenvalue weighted by molar-refractivity contribution is 5.89. The van der Waals surface area contributed by atoms with E-state index in [2.05, 4.69) is 20.5 Å². The number of piperidine rings is 1. The summed E-state index contributed by atoms with van der Waals surface area (Å²) < 4.78 is 47.1. The van der Waals surface area contributed by atoms with Crippen LogP contribution in [-0.4, -0.2) is 54.9 Å². The average molecular weight is 438 g/mol. The number of rotatable bonds is 7. The Hall–Kier alpha value is -3.01. The molecule has 3 rings (SSSR count). The molecule has 2 amide bonds. The zero-order chi connectivity index (χ0) is 22.3. The molecule has 168 valence electrons. The molecule has 0 aliphatic carbocycles. The topological polar surface area (TPSA) is 75.7 Å². The number of hydrogen-bond acceptors (Lipinski definition) is 5. The van der Waals surface area contributed by atoms with Gasteiger partial charge in [0.1, 0.15) is 0 Å². The van der Waals surface area contributed by atoms with E-state index in [-0.39, 0.29) is 17.5 Å². The van der Waals surface area contributed by atoms with Crippen LogP contribution in [-0.2, 0) is 6.54 Å². The first-order valence-corrected chi connectivity index (χ1v) is 9.90. The number of amides is 2. The molecule has 2 aromatic rings. The standard InChI is InChI=1S/C21H25F3N4O3/c1-30-18-6-5-16(12-19(18)31-14-21(22,23)24)27-20(29)26-15-7-10-28(11-8-15)13-17-4-2-3-9-25-17/h2-6,9,12,15H,7-8,10-11,13-14H2,1H3,(H2,26,27,29). The van der Waals surface area contributed by atoms with E-state index < -0.39 is 18.8 Å². The van der Waals surface area contributed by atoms with Crippen molar-refractivity contribution < 1.29 is 27.4 Å². The quantitative estimate of drug-likeness (QED) is 0.688. The minimum absolute atomic E-state index is 0.0131. The lowest BCUT2D eigenvalue weighted by atomic mass is 10.1. The Morgan fingerprint density at radius 3 is 2.61 bits per heavy atom. The second-order valence-electron chi connectivity index (χ2n) is 7.24. The molecule has 1 aromatic heterocycles. The highest BCUT2D eigenvalue weighted by atomic mass is 19.4. The molecule has 10 heteroatoms. The third-order valence-corrected chi connectivity index (χ3v) is 4.85. The van der Waals surface area contributed by atoms with Crippen LogP contribution in [0.25, 0.3) is 0 Å². The van der Waals surface area contributed by atoms with E-state index in [9.17, 15) is 18.0 Å². The predicted octanol–water partition coefficient (Wildman–Crippen LogP) is 3.82. The van der Waals surface area contributed by atoms with Gasteiger partial charge in [0, 0.05) is 43.6 Å². The van der Waals surface area contributed by atoms with Crippen molar-refractivity contribution in [1.29, 1.82) is 0 Å². The van der Waals surface area contributed by atoms with Crippen LogP contribution in [0.15, 0.2) is 42.6 Å². The van der Waals surface area contributed by atoms with Crippen LogP contribution in [0.1, 0.15) is 18.5 Å². The van der Waals surface area contributed by atoms with Crippen LogP contribution >= 0.6 is 0 Å². The van der Waals surface area contributed by atoms with Crippen molar-refractivity contribution in [3.8, 4) is 11.5 Å². The summed E-state index contributed by atoms with van der Waals surface area (Å²) in [6.07, 6.45) is -1.12. The van der Waals surface area contributed by atoms with Gasteiger partial charge in [-0.15, -0.1) is 0 Å². The van der Waals surface area contributed by atoms with Gasteiger partial charge in [0.2, 0.25) is 0 Å². The van der Waals surface area contributed by atoms with Gasteiger partial charge < -0.3 is 20.1 Å². The van der Waals surface area contributed by atoms with Crippen LogP contribution in [0, 0.1) is 0 Å². The van der Waals surface area contributed by atoms with E-state index in [1.54, 1.807) is 6.20 Å². The minimum atomic E-state index is -4.47. The monoisotopic (exact) mass is 438 g/mol. The molecule has 0 unspecified atom stereocenters. The average Bonchev–Trinajstić information content (AvgIpc) is 2.74. The van der Waals surface area contributed by atoms with E-state index in [1.165, 1.54) is 25.3 Å². The van der Waals surface area contributed by atoms with Gasteiger partial charge in [-0.05, 0) is 37.1 Å². The summed E-state index contributed by atoms with van der Waals surface area (Å²) in [6.45, 7) is 0.987. The zero-order valence-corrected chi connectivity index (χ0v) is 17.1. The number of nitrogens with zero attached hydrogens (tertiary/aromatic N) is 2. The molecule has 1 aliphatic rings. The van der Waals surface area contributed by atoms with E-state index in [4.69, 9.17) is 9.47 Å². The van der Waals surface area contributed by atoms with Crippen molar-refractivity contribution in [1.82, 2.24) is 15.2 Å². The normalized spacial score (nSPS) is 15.4. The van der Waals surface area contributed by atoms with E-state index in [0.717, 1.165) is 38.2 Å². The van der Waals surface area contributed by atoms with Crippen LogP contribution in [0.5, 0.6) is 11.5 Å². The molecule has 2 N–H and O–H groups in total. The van der Waals surface area contributed by atoms with Crippen molar-refractivity contribution in [2.24, 2.45) is 0 Å². The molecule has 1 aliphatic heterocycles. The van der Waals surface area contributed by atoms with Crippen molar-refractivity contribution in [3.63, 3.8) is 0 Å². The first-order chi connectivity index (χ1) is 14.8. The molecule has 1 fully saturated rings. The van der Waals surface area contributed by atoms with Gasteiger partial charge in [0.25, 0.3) is 0 Å². The molecule has 0 atom stereocenters. The number of carbonyl (C=O) groups excluding carboxylic acids is 1. The predicted molar refractivity (Wildman–Crippen MR) is 109 cm³/mol. The number of nitrogens with one attached hydrogen (secondary N) is 2. The van der Waals surface area contributed by atoms with Gasteiger partial charge in [0.15, 0.2) is 18.1 Å². The van der Waals surface area contributed by atoms with Crippen LogP contribution in [0.3, 0.4) is 0 Å². The molecule has 2 heterocycles. The highest BCUT2D eigenvalue weighted by Crippen LogP contribution is 2.31. The highest BCUT2D eigenvalue weighted by Gasteiger charge is 2.29. The van der Waals surface area contributed by atoms with Crippen molar-refractivity contribution in [3.05, 3.63) is 48.3 Å². The number of methoxy groups -OCH3 is 1. The molecule has 0 radical (unpaired) electrons. The van der Waals surface area contributed by atoms with Crippen LogP contribution < -0.4 is 20.1 Å². The largest absolute Gasteiger partial charge is 0.493 e. The number of alkyl halides is 3. The number of urea groups is 1. The fourth-order valence-corrected chi connectivity index (χ4v) is 3.34. The molecule has 0 bridgehead atoms. The summed E-state index contributed by atoms with van der Waals surface area (Å²) in [5.74, 6) is 0.0518. The first kappa shape index (κ1) is 22.7. The van der Waals surface area contributed by atoms with Gasteiger partial charge >= 0.3 is 12.2 Å². The van der Waals surface area contributed by atoms with Crippen molar-refractivity contribution in [2.75, 3.05) is 32.1 Å². The van der Waals surface area contributed by atoms with Crippen molar-refractivity contribution >= 4 is 11.7 Å². The number of likely N-dealkylation sites (tertiary alicyclic amines) is 1. The Kier molecular flexibility index (Phi) is 7.56. The van der Waals surface area contributed by atoms with Gasteiger partial charge in [-0.25, -0.2) is 4.79 Å². The van der Waals surface area contributed by atoms with E-state index >= 15 is 0 Å². The molecular formula is C21H25F3N4O3. The van der Waals surface area contributed by atoms with Gasteiger partial charge in [0.05, 0.1) is 12.8 Å². The third-order valence-electron chi connectivity index (χ3n) is 4.85. The van der Waals surface area contributed by atoms with Gasteiger partial charge in [-0.1, -0.05) is 6.07 Å². The summed E-state index contributed by atoms with van der Waals surface area (Å²) in [6, 6.07) is 9.70. The van der Waals surface area contributed by atoms with Crippen molar-refractivity contribution in [2.45, 2.75) is 31.6 Å². The number of halogens is 3. The number of ether oxygens (including phenoxy) is 2. The molecule has 1 aromatic carbocycles. The van der Waals surface area contributed by atoms with Crippen LogP contribution in [0.2, 0.25) is 0 Å². The van der Waals surface area contributed by atoms with Gasteiger partial charge in [-0.3, -0.25) is 9.88 Å². The lowest BCUT2D eigenvalue weighted by Crippen LogP contribution is -2.45. The second-order valence-corrected chi connectivity index (χ2v) is 7.24. The number of aromatic nitrogens is 1. The number of carbonyl (C=O) groups is 1. The lowest BCUT2D eigenvalue weighted by Gasteiger charge is -2.32. The fraction of sp³-hybridized carbons (Fsp3) is 0.429. The Labute approximate surface area is 178 Å². The zero-order valence-electron chi connectivity index (χ0n) is 17.1. The maximum atomic E-state index is 12.4.